The van der Waals surface area contributed by atoms with Gasteiger partial charge in [0.05, 0.1) is 12.2 Å². The minimum atomic E-state index is -0.447. The van der Waals surface area contributed by atoms with E-state index in [0.717, 1.165) is 0 Å². The molecular weight excluding hydrogens is 154 g/mol. The molecule has 0 saturated heterocycles. The Hall–Kier alpha value is -0.850. The van der Waals surface area contributed by atoms with Crippen molar-refractivity contribution in [1.29, 1.82) is 5.26 Å². The Labute approximate surface area is 71.9 Å². The van der Waals surface area contributed by atoms with Crippen molar-refractivity contribution in [2.75, 3.05) is 6.61 Å². The van der Waals surface area contributed by atoms with E-state index in [1.165, 1.54) is 0 Å². The summed E-state index contributed by atoms with van der Waals surface area (Å²) >= 11 is 0. The number of hydrogen-bond acceptors (Lipinski definition) is 3. The van der Waals surface area contributed by atoms with Gasteiger partial charge in [-0.25, -0.2) is 0 Å². The number of aliphatic hydroxyl groups excluding tert-OH is 2. The highest BCUT2D eigenvalue weighted by molar-refractivity contribution is 5.04. The fraction of sp³-hybridized carbons (Fsp3) is 0.667. The summed E-state index contributed by atoms with van der Waals surface area (Å²) in [6.07, 6.45) is 4.08. The number of nitriles is 1. The predicted octanol–water partition coefficient (Wildman–Crippen LogP) is 0.446. The van der Waals surface area contributed by atoms with Gasteiger partial charge in [-0.1, -0.05) is 12.2 Å². The lowest BCUT2D eigenvalue weighted by molar-refractivity contribution is 0.114. The second-order valence-electron chi connectivity index (χ2n) is 3.16. The molecule has 0 spiro atoms. The number of hydrogen-bond donors (Lipinski definition) is 2. The molecule has 0 radical (unpaired) electrons. The maximum Gasteiger partial charge on any atom is 0.0724 e. The van der Waals surface area contributed by atoms with Gasteiger partial charge in [-0.05, 0) is 18.3 Å². The fourth-order valence-electron chi connectivity index (χ4n) is 1.54. The zero-order chi connectivity index (χ0) is 8.97. The molecule has 0 aromatic carbocycles. The van der Waals surface area contributed by atoms with Crippen molar-refractivity contribution in [2.24, 2.45) is 11.8 Å². The van der Waals surface area contributed by atoms with Crippen molar-refractivity contribution in [2.45, 2.75) is 18.9 Å². The molecule has 0 bridgehead atoms. The Balaban J connectivity index is 2.59. The number of allylic oxidation sites excluding steroid dienone is 1. The van der Waals surface area contributed by atoms with Crippen LogP contribution >= 0.6 is 0 Å². The van der Waals surface area contributed by atoms with Gasteiger partial charge >= 0.3 is 0 Å². The molecule has 3 atom stereocenters. The molecular formula is C9H13NO2. The summed E-state index contributed by atoms with van der Waals surface area (Å²) in [5.41, 5.74) is 0. The second kappa shape index (κ2) is 4.24. The largest absolute Gasteiger partial charge is 0.396 e. The van der Waals surface area contributed by atoms with E-state index in [9.17, 15) is 5.11 Å². The van der Waals surface area contributed by atoms with Crippen LogP contribution in [0.15, 0.2) is 12.2 Å². The molecule has 0 amide bonds. The second-order valence-corrected chi connectivity index (χ2v) is 3.16. The van der Waals surface area contributed by atoms with Gasteiger partial charge in [0.2, 0.25) is 0 Å². The molecule has 3 nitrogen and oxygen atoms in total. The quantitative estimate of drug-likeness (QED) is 0.587. The summed E-state index contributed by atoms with van der Waals surface area (Å²) in [5.74, 6) is 0.160. The summed E-state index contributed by atoms with van der Waals surface area (Å²) in [5, 5.41) is 26.6. The highest BCUT2D eigenvalue weighted by Gasteiger charge is 2.24. The van der Waals surface area contributed by atoms with Crippen LogP contribution in [0.3, 0.4) is 0 Å². The first kappa shape index (κ1) is 9.24. The Morgan fingerprint density at radius 2 is 2.25 bits per heavy atom. The van der Waals surface area contributed by atoms with Crippen molar-refractivity contribution in [1.82, 2.24) is 0 Å². The summed E-state index contributed by atoms with van der Waals surface area (Å²) < 4.78 is 0. The maximum absolute atomic E-state index is 9.22. The normalized spacial score (nSPS) is 34.6. The SMILES string of the molecule is N#CCC1C=CC(O)CC1CO. The minimum absolute atomic E-state index is 0.0460. The lowest BCUT2D eigenvalue weighted by Gasteiger charge is -2.26. The third kappa shape index (κ3) is 2.07. The van der Waals surface area contributed by atoms with Gasteiger partial charge < -0.3 is 10.2 Å². The number of aliphatic hydroxyl groups is 2. The van der Waals surface area contributed by atoms with Gasteiger partial charge in [-0.3, -0.25) is 0 Å². The van der Waals surface area contributed by atoms with Crippen LogP contribution < -0.4 is 0 Å². The molecule has 3 unspecified atom stereocenters. The topological polar surface area (TPSA) is 64.2 Å². The zero-order valence-corrected chi connectivity index (χ0v) is 6.85. The molecule has 0 aromatic rings. The summed E-state index contributed by atoms with van der Waals surface area (Å²) in [6.45, 7) is 0.0494. The lowest BCUT2D eigenvalue weighted by atomic mass is 9.82. The Morgan fingerprint density at radius 1 is 1.50 bits per heavy atom. The van der Waals surface area contributed by atoms with E-state index >= 15 is 0 Å². The van der Waals surface area contributed by atoms with Crippen LogP contribution in [0.5, 0.6) is 0 Å². The van der Waals surface area contributed by atoms with E-state index in [2.05, 4.69) is 6.07 Å². The number of rotatable bonds is 2. The van der Waals surface area contributed by atoms with Crippen LogP contribution in [0.25, 0.3) is 0 Å². The zero-order valence-electron chi connectivity index (χ0n) is 6.85. The third-order valence-corrected chi connectivity index (χ3v) is 2.29. The summed E-state index contributed by atoms with van der Waals surface area (Å²) in [7, 11) is 0. The maximum atomic E-state index is 9.22. The van der Waals surface area contributed by atoms with Crippen molar-refractivity contribution >= 4 is 0 Å². The Morgan fingerprint density at radius 3 is 2.83 bits per heavy atom. The third-order valence-electron chi connectivity index (χ3n) is 2.29. The smallest absolute Gasteiger partial charge is 0.0724 e. The van der Waals surface area contributed by atoms with Gasteiger partial charge in [0.15, 0.2) is 0 Å². The van der Waals surface area contributed by atoms with E-state index in [4.69, 9.17) is 10.4 Å². The van der Waals surface area contributed by atoms with Crippen molar-refractivity contribution in [3.63, 3.8) is 0 Å². The van der Waals surface area contributed by atoms with Crippen LogP contribution in [0.4, 0.5) is 0 Å². The van der Waals surface area contributed by atoms with Gasteiger partial charge in [0.1, 0.15) is 0 Å². The first-order chi connectivity index (χ1) is 5.77. The fourth-order valence-corrected chi connectivity index (χ4v) is 1.54. The molecule has 0 saturated carbocycles. The lowest BCUT2D eigenvalue weighted by Crippen LogP contribution is -2.25. The van der Waals surface area contributed by atoms with Gasteiger partial charge in [-0.2, -0.15) is 5.26 Å². The monoisotopic (exact) mass is 167 g/mol. The summed E-state index contributed by atoms with van der Waals surface area (Å²) in [4.78, 5) is 0. The van der Waals surface area contributed by atoms with Gasteiger partial charge in [0, 0.05) is 13.0 Å². The van der Waals surface area contributed by atoms with Crippen LogP contribution in [0.1, 0.15) is 12.8 Å². The van der Waals surface area contributed by atoms with E-state index in [1.54, 1.807) is 6.08 Å². The molecule has 0 aliphatic heterocycles. The molecule has 12 heavy (non-hydrogen) atoms. The summed E-state index contributed by atoms with van der Waals surface area (Å²) in [6, 6.07) is 2.07. The van der Waals surface area contributed by atoms with Crippen LogP contribution in [0.2, 0.25) is 0 Å². The molecule has 2 N–H and O–H groups in total. The predicted molar refractivity (Wildman–Crippen MR) is 44.1 cm³/mol. The van der Waals surface area contributed by atoms with E-state index < -0.39 is 6.10 Å². The van der Waals surface area contributed by atoms with Crippen LogP contribution in [-0.2, 0) is 0 Å². The molecule has 1 aliphatic rings. The van der Waals surface area contributed by atoms with E-state index in [0.29, 0.717) is 12.8 Å². The van der Waals surface area contributed by atoms with Crippen molar-refractivity contribution in [3.05, 3.63) is 12.2 Å². The molecule has 3 heteroatoms. The standard InChI is InChI=1S/C9H13NO2/c10-4-3-7-1-2-9(12)5-8(7)6-11/h1-2,7-9,11-12H,3,5-6H2. The molecule has 0 fully saturated rings. The van der Waals surface area contributed by atoms with Crippen LogP contribution in [-0.4, -0.2) is 22.9 Å². The van der Waals surface area contributed by atoms with Gasteiger partial charge in [0.25, 0.3) is 0 Å². The molecule has 0 heterocycles. The molecule has 1 aliphatic carbocycles. The molecule has 0 aromatic heterocycles. The van der Waals surface area contributed by atoms with Gasteiger partial charge in [-0.15, -0.1) is 0 Å². The first-order valence-corrected chi connectivity index (χ1v) is 4.12. The van der Waals surface area contributed by atoms with Crippen LogP contribution in [0, 0.1) is 23.2 Å². The van der Waals surface area contributed by atoms with Crippen molar-refractivity contribution < 1.29 is 10.2 Å². The molecule has 66 valence electrons. The first-order valence-electron chi connectivity index (χ1n) is 4.12. The highest BCUT2D eigenvalue weighted by atomic mass is 16.3. The average Bonchev–Trinajstić information content (AvgIpc) is 2.08. The Kier molecular flexibility index (Phi) is 3.27. The minimum Gasteiger partial charge on any atom is -0.396 e. The number of nitrogens with zero attached hydrogens (tertiary/aromatic N) is 1. The van der Waals surface area contributed by atoms with E-state index in [-0.39, 0.29) is 18.4 Å². The molecule has 1 rings (SSSR count). The van der Waals surface area contributed by atoms with Crippen molar-refractivity contribution in [3.8, 4) is 6.07 Å². The van der Waals surface area contributed by atoms with E-state index in [1.807, 2.05) is 6.08 Å². The highest BCUT2D eigenvalue weighted by Crippen LogP contribution is 2.26. The average molecular weight is 167 g/mol. The Bertz CT molecular complexity index is 207.